The summed E-state index contributed by atoms with van der Waals surface area (Å²) in [5.74, 6) is -0.0852. The molecule has 1 aromatic carbocycles. The number of benzene rings is 1. The van der Waals surface area contributed by atoms with Crippen molar-refractivity contribution >= 4 is 17.3 Å². The average Bonchev–Trinajstić information content (AvgIpc) is 2.38. The van der Waals surface area contributed by atoms with Gasteiger partial charge in [-0.05, 0) is 30.3 Å². The number of carbonyl (C=O) groups is 1. The Bertz CT molecular complexity index is 525. The lowest BCUT2D eigenvalue weighted by molar-refractivity contribution is 0.0993. The Kier molecular flexibility index (Phi) is 3.05. The van der Waals surface area contributed by atoms with Gasteiger partial charge >= 0.3 is 0 Å². The van der Waals surface area contributed by atoms with E-state index >= 15 is 0 Å². The molecular formula is C13H13N3O. The second-order valence-corrected chi connectivity index (χ2v) is 3.70. The predicted molar refractivity (Wildman–Crippen MR) is 67.8 cm³/mol. The zero-order chi connectivity index (χ0) is 12.3. The van der Waals surface area contributed by atoms with E-state index in [1.807, 2.05) is 12.1 Å². The second-order valence-electron chi connectivity index (χ2n) is 3.70. The number of hydrogen-bond donors (Lipinski definition) is 1. The lowest BCUT2D eigenvalue weighted by Crippen LogP contribution is -2.26. The Balaban J connectivity index is 2.27. The smallest absolute Gasteiger partial charge is 0.258 e. The van der Waals surface area contributed by atoms with Gasteiger partial charge < -0.3 is 10.6 Å². The summed E-state index contributed by atoms with van der Waals surface area (Å²) in [5, 5.41) is 0. The van der Waals surface area contributed by atoms with Crippen molar-refractivity contribution in [2.75, 3.05) is 17.7 Å². The van der Waals surface area contributed by atoms with Crippen LogP contribution in [0.5, 0.6) is 0 Å². The summed E-state index contributed by atoms with van der Waals surface area (Å²) in [5.41, 5.74) is 7.70. The second kappa shape index (κ2) is 4.65. The number of nitrogens with two attached hydrogens (primary N) is 1. The summed E-state index contributed by atoms with van der Waals surface area (Å²) in [6, 6.07) is 10.6. The van der Waals surface area contributed by atoms with Gasteiger partial charge in [-0.15, -0.1) is 0 Å². The topological polar surface area (TPSA) is 59.2 Å². The van der Waals surface area contributed by atoms with E-state index in [0.29, 0.717) is 11.3 Å². The van der Waals surface area contributed by atoms with Crippen molar-refractivity contribution in [3.05, 3.63) is 54.4 Å². The van der Waals surface area contributed by atoms with Crippen LogP contribution < -0.4 is 10.6 Å². The lowest BCUT2D eigenvalue weighted by atomic mass is 10.2. The summed E-state index contributed by atoms with van der Waals surface area (Å²) >= 11 is 0. The highest BCUT2D eigenvalue weighted by Gasteiger charge is 2.12. The number of amides is 1. The number of rotatable bonds is 2. The Morgan fingerprint density at radius 2 is 1.94 bits per heavy atom. The van der Waals surface area contributed by atoms with Gasteiger partial charge in [0, 0.05) is 36.4 Å². The molecule has 2 rings (SSSR count). The molecule has 0 aliphatic carbocycles. The molecule has 1 heterocycles. The van der Waals surface area contributed by atoms with Crippen LogP contribution in [0.3, 0.4) is 0 Å². The molecule has 1 aromatic heterocycles. The monoisotopic (exact) mass is 227 g/mol. The first-order chi connectivity index (χ1) is 8.18. The van der Waals surface area contributed by atoms with Crippen molar-refractivity contribution in [1.29, 1.82) is 0 Å². The van der Waals surface area contributed by atoms with Gasteiger partial charge in [0.05, 0.1) is 0 Å². The maximum atomic E-state index is 12.1. The summed E-state index contributed by atoms with van der Waals surface area (Å²) < 4.78 is 0. The third kappa shape index (κ3) is 2.42. The van der Waals surface area contributed by atoms with E-state index < -0.39 is 0 Å². The van der Waals surface area contributed by atoms with Crippen LogP contribution >= 0.6 is 0 Å². The molecule has 0 radical (unpaired) electrons. The number of pyridine rings is 1. The number of aromatic nitrogens is 1. The number of carbonyl (C=O) groups excluding carboxylic acids is 1. The molecule has 4 nitrogen and oxygen atoms in total. The van der Waals surface area contributed by atoms with E-state index in [2.05, 4.69) is 4.98 Å². The highest BCUT2D eigenvalue weighted by molar-refractivity contribution is 6.05. The van der Waals surface area contributed by atoms with Gasteiger partial charge in [0.1, 0.15) is 0 Å². The molecule has 2 aromatic rings. The van der Waals surface area contributed by atoms with E-state index in [1.165, 1.54) is 0 Å². The van der Waals surface area contributed by atoms with Crippen LogP contribution in [0.25, 0.3) is 0 Å². The highest BCUT2D eigenvalue weighted by Crippen LogP contribution is 2.17. The van der Waals surface area contributed by atoms with Gasteiger partial charge in [-0.25, -0.2) is 0 Å². The fourth-order valence-corrected chi connectivity index (χ4v) is 1.54. The SMILES string of the molecule is CN(C(=O)c1ccncc1)c1cccc(N)c1. The first kappa shape index (κ1) is 11.1. The van der Waals surface area contributed by atoms with Crippen LogP contribution in [0.4, 0.5) is 11.4 Å². The largest absolute Gasteiger partial charge is 0.399 e. The molecule has 0 saturated carbocycles. The van der Waals surface area contributed by atoms with Crippen molar-refractivity contribution in [3.63, 3.8) is 0 Å². The Labute approximate surface area is 99.7 Å². The minimum Gasteiger partial charge on any atom is -0.399 e. The molecule has 0 aliphatic rings. The fraction of sp³-hybridized carbons (Fsp3) is 0.0769. The quantitative estimate of drug-likeness (QED) is 0.797. The molecule has 17 heavy (non-hydrogen) atoms. The molecule has 0 atom stereocenters. The van der Waals surface area contributed by atoms with Crippen LogP contribution in [0.2, 0.25) is 0 Å². The number of hydrogen-bond acceptors (Lipinski definition) is 3. The minimum absolute atomic E-state index is 0.0852. The summed E-state index contributed by atoms with van der Waals surface area (Å²) in [7, 11) is 1.72. The first-order valence-corrected chi connectivity index (χ1v) is 5.22. The van der Waals surface area contributed by atoms with Crippen LogP contribution in [0.15, 0.2) is 48.8 Å². The number of nitrogens with zero attached hydrogens (tertiary/aromatic N) is 2. The molecule has 2 N–H and O–H groups in total. The van der Waals surface area contributed by atoms with Gasteiger partial charge in [0.25, 0.3) is 5.91 Å². The van der Waals surface area contributed by atoms with Gasteiger partial charge in [0.15, 0.2) is 0 Å². The van der Waals surface area contributed by atoms with E-state index in [0.717, 1.165) is 5.69 Å². The molecule has 0 aliphatic heterocycles. The number of anilines is 2. The van der Waals surface area contributed by atoms with Gasteiger partial charge in [-0.2, -0.15) is 0 Å². The normalized spacial score (nSPS) is 9.94. The van der Waals surface area contributed by atoms with E-state index in [1.54, 1.807) is 48.6 Å². The van der Waals surface area contributed by atoms with Crippen molar-refractivity contribution < 1.29 is 4.79 Å². The molecule has 0 unspecified atom stereocenters. The van der Waals surface area contributed by atoms with E-state index in [4.69, 9.17) is 5.73 Å². The van der Waals surface area contributed by atoms with Crippen molar-refractivity contribution in [2.45, 2.75) is 0 Å². The minimum atomic E-state index is -0.0852. The lowest BCUT2D eigenvalue weighted by Gasteiger charge is -2.17. The summed E-state index contributed by atoms with van der Waals surface area (Å²) in [6.45, 7) is 0. The van der Waals surface area contributed by atoms with Crippen molar-refractivity contribution in [2.24, 2.45) is 0 Å². The Hall–Kier alpha value is -2.36. The van der Waals surface area contributed by atoms with Gasteiger partial charge in [-0.1, -0.05) is 6.07 Å². The van der Waals surface area contributed by atoms with Crippen LogP contribution in [0, 0.1) is 0 Å². The highest BCUT2D eigenvalue weighted by atomic mass is 16.2. The zero-order valence-electron chi connectivity index (χ0n) is 9.50. The fourth-order valence-electron chi connectivity index (χ4n) is 1.54. The van der Waals surface area contributed by atoms with Crippen LogP contribution in [-0.2, 0) is 0 Å². The molecule has 0 fully saturated rings. The standard InChI is InChI=1S/C13H13N3O/c1-16(12-4-2-3-11(14)9-12)13(17)10-5-7-15-8-6-10/h2-9H,14H2,1H3. The summed E-state index contributed by atoms with van der Waals surface area (Å²) in [4.78, 5) is 17.6. The summed E-state index contributed by atoms with van der Waals surface area (Å²) in [6.07, 6.45) is 3.20. The number of nitrogen functional groups attached to an aromatic ring is 1. The first-order valence-electron chi connectivity index (χ1n) is 5.22. The molecule has 0 bridgehead atoms. The average molecular weight is 227 g/mol. The van der Waals surface area contributed by atoms with E-state index in [-0.39, 0.29) is 5.91 Å². The maximum absolute atomic E-state index is 12.1. The van der Waals surface area contributed by atoms with Gasteiger partial charge in [-0.3, -0.25) is 9.78 Å². The predicted octanol–water partition coefficient (Wildman–Crippen LogP) is 1.94. The van der Waals surface area contributed by atoms with E-state index in [9.17, 15) is 4.79 Å². The molecule has 1 amide bonds. The molecule has 86 valence electrons. The maximum Gasteiger partial charge on any atom is 0.258 e. The molecule has 4 heteroatoms. The zero-order valence-corrected chi connectivity index (χ0v) is 9.50. The molecular weight excluding hydrogens is 214 g/mol. The van der Waals surface area contributed by atoms with Crippen LogP contribution in [-0.4, -0.2) is 17.9 Å². The third-order valence-electron chi connectivity index (χ3n) is 2.49. The third-order valence-corrected chi connectivity index (χ3v) is 2.49. The Morgan fingerprint density at radius 3 is 2.59 bits per heavy atom. The molecule has 0 saturated heterocycles. The van der Waals surface area contributed by atoms with Crippen molar-refractivity contribution in [1.82, 2.24) is 4.98 Å². The van der Waals surface area contributed by atoms with Crippen LogP contribution in [0.1, 0.15) is 10.4 Å². The Morgan fingerprint density at radius 1 is 1.24 bits per heavy atom. The molecule has 0 spiro atoms. The van der Waals surface area contributed by atoms with Crippen molar-refractivity contribution in [3.8, 4) is 0 Å². The van der Waals surface area contributed by atoms with Gasteiger partial charge in [0.2, 0.25) is 0 Å².